The van der Waals surface area contributed by atoms with Crippen LogP contribution >= 0.6 is 0 Å². The van der Waals surface area contributed by atoms with Crippen LogP contribution in [0, 0.1) is 0 Å². The lowest BCUT2D eigenvalue weighted by molar-refractivity contribution is -0.151. The van der Waals surface area contributed by atoms with Crippen LogP contribution in [0.5, 0.6) is 0 Å². The van der Waals surface area contributed by atoms with Gasteiger partial charge in [-0.3, -0.25) is 0 Å². The molecule has 154 valence electrons. The van der Waals surface area contributed by atoms with Gasteiger partial charge in [-0.2, -0.15) is 0 Å². The van der Waals surface area contributed by atoms with Crippen LogP contribution in [0.3, 0.4) is 0 Å². The first-order valence-corrected chi connectivity index (χ1v) is 10.3. The van der Waals surface area contributed by atoms with Gasteiger partial charge in [0.1, 0.15) is 0 Å². The Balaban J connectivity index is 2.34. The molecule has 1 heterocycles. The predicted molar refractivity (Wildman–Crippen MR) is 117 cm³/mol. The standard InChI is InChI=1S/C25H36O3/c1-18(2)10-7-11-19(3)12-8-13-20(4)14-9-15-21(5)16-17-23-22(6)24(26)28-25(23)27/h10,12,14,16H,7-9,11,13,15,17H2,1-6H3/b19-12+,20-14+,21-16+. The van der Waals surface area contributed by atoms with Gasteiger partial charge in [-0.15, -0.1) is 0 Å². The van der Waals surface area contributed by atoms with E-state index < -0.39 is 11.9 Å². The van der Waals surface area contributed by atoms with Crippen molar-refractivity contribution in [3.8, 4) is 0 Å². The van der Waals surface area contributed by atoms with E-state index >= 15 is 0 Å². The Morgan fingerprint density at radius 3 is 1.61 bits per heavy atom. The zero-order valence-electron chi connectivity index (χ0n) is 18.5. The zero-order chi connectivity index (χ0) is 21.1. The molecule has 1 aliphatic heterocycles. The van der Waals surface area contributed by atoms with Gasteiger partial charge < -0.3 is 4.74 Å². The fourth-order valence-electron chi connectivity index (χ4n) is 3.00. The summed E-state index contributed by atoms with van der Waals surface area (Å²) in [5.41, 5.74) is 6.44. The Kier molecular flexibility index (Phi) is 10.5. The summed E-state index contributed by atoms with van der Waals surface area (Å²) < 4.78 is 4.62. The molecule has 0 aromatic rings. The molecule has 0 unspecified atom stereocenters. The second kappa shape index (κ2) is 12.3. The number of rotatable bonds is 11. The highest BCUT2D eigenvalue weighted by Gasteiger charge is 2.28. The molecule has 0 radical (unpaired) electrons. The molecule has 0 bridgehead atoms. The Labute approximate surface area is 170 Å². The molecule has 1 aliphatic rings. The van der Waals surface area contributed by atoms with Gasteiger partial charge >= 0.3 is 11.9 Å². The molecule has 0 spiro atoms. The summed E-state index contributed by atoms with van der Waals surface area (Å²) in [7, 11) is 0. The quantitative estimate of drug-likeness (QED) is 0.220. The summed E-state index contributed by atoms with van der Waals surface area (Å²) in [6.45, 7) is 12.4. The van der Waals surface area contributed by atoms with Crippen LogP contribution in [0.25, 0.3) is 0 Å². The molecular weight excluding hydrogens is 348 g/mol. The summed E-state index contributed by atoms with van der Waals surface area (Å²) >= 11 is 0. The van der Waals surface area contributed by atoms with Crippen LogP contribution in [0.1, 0.15) is 86.5 Å². The molecule has 0 amide bonds. The fourth-order valence-corrected chi connectivity index (χ4v) is 3.00. The number of hydrogen-bond donors (Lipinski definition) is 0. The van der Waals surface area contributed by atoms with Gasteiger partial charge in [0, 0.05) is 5.57 Å². The maximum atomic E-state index is 11.6. The van der Waals surface area contributed by atoms with Gasteiger partial charge in [0.15, 0.2) is 0 Å². The van der Waals surface area contributed by atoms with E-state index in [1.54, 1.807) is 6.92 Å². The van der Waals surface area contributed by atoms with E-state index in [4.69, 9.17) is 0 Å². The highest BCUT2D eigenvalue weighted by molar-refractivity contribution is 6.12. The summed E-state index contributed by atoms with van der Waals surface area (Å²) in [5, 5.41) is 0. The normalized spacial score (nSPS) is 16.0. The minimum Gasteiger partial charge on any atom is -0.386 e. The first-order chi connectivity index (χ1) is 13.2. The summed E-state index contributed by atoms with van der Waals surface area (Å²) in [6, 6.07) is 0. The third-order valence-corrected chi connectivity index (χ3v) is 5.00. The van der Waals surface area contributed by atoms with Gasteiger partial charge in [0.25, 0.3) is 0 Å². The third-order valence-electron chi connectivity index (χ3n) is 5.00. The van der Waals surface area contributed by atoms with E-state index in [9.17, 15) is 9.59 Å². The largest absolute Gasteiger partial charge is 0.386 e. The first-order valence-electron chi connectivity index (χ1n) is 10.3. The van der Waals surface area contributed by atoms with Crippen molar-refractivity contribution in [3.05, 3.63) is 57.7 Å². The third kappa shape index (κ3) is 9.16. The Morgan fingerprint density at radius 1 is 0.714 bits per heavy atom. The van der Waals surface area contributed by atoms with Crippen LogP contribution in [-0.4, -0.2) is 11.9 Å². The molecule has 0 aliphatic carbocycles. The molecule has 28 heavy (non-hydrogen) atoms. The Morgan fingerprint density at radius 2 is 1.18 bits per heavy atom. The molecule has 0 aromatic heterocycles. The molecule has 0 saturated heterocycles. The molecule has 3 nitrogen and oxygen atoms in total. The van der Waals surface area contributed by atoms with Gasteiger partial charge in [-0.05, 0) is 86.5 Å². The smallest absolute Gasteiger partial charge is 0.342 e. The van der Waals surface area contributed by atoms with Crippen molar-refractivity contribution in [2.45, 2.75) is 86.5 Å². The fraction of sp³-hybridized carbons (Fsp3) is 0.520. The van der Waals surface area contributed by atoms with Gasteiger partial charge in [-0.25, -0.2) is 9.59 Å². The monoisotopic (exact) mass is 384 g/mol. The van der Waals surface area contributed by atoms with Crippen molar-refractivity contribution in [2.75, 3.05) is 0 Å². The molecule has 0 N–H and O–H groups in total. The lowest BCUT2D eigenvalue weighted by atomic mass is 10.0. The van der Waals surface area contributed by atoms with Gasteiger partial charge in [0.05, 0.1) is 5.57 Å². The van der Waals surface area contributed by atoms with E-state index in [1.165, 1.54) is 22.3 Å². The number of esters is 2. The van der Waals surface area contributed by atoms with Crippen LogP contribution in [0.4, 0.5) is 0 Å². The molecular formula is C25H36O3. The molecule has 0 saturated carbocycles. The lowest BCUT2D eigenvalue weighted by Gasteiger charge is -2.03. The average Bonchev–Trinajstić information content (AvgIpc) is 2.85. The van der Waals surface area contributed by atoms with E-state index in [-0.39, 0.29) is 0 Å². The van der Waals surface area contributed by atoms with E-state index in [0.29, 0.717) is 17.6 Å². The number of allylic oxidation sites excluding steroid dienone is 8. The van der Waals surface area contributed by atoms with Crippen molar-refractivity contribution in [3.63, 3.8) is 0 Å². The highest BCUT2D eigenvalue weighted by atomic mass is 16.6. The molecule has 3 heteroatoms. The van der Waals surface area contributed by atoms with Crippen LogP contribution < -0.4 is 0 Å². The van der Waals surface area contributed by atoms with Crippen molar-refractivity contribution in [1.29, 1.82) is 0 Å². The second-order valence-electron chi connectivity index (χ2n) is 8.03. The molecule has 1 rings (SSSR count). The first kappa shape index (κ1) is 23.9. The van der Waals surface area contributed by atoms with Crippen molar-refractivity contribution >= 4 is 11.9 Å². The lowest BCUT2D eigenvalue weighted by Crippen LogP contribution is -2.01. The Bertz CT molecular complexity index is 723. The predicted octanol–water partition coefficient (Wildman–Crippen LogP) is 6.92. The van der Waals surface area contributed by atoms with Crippen LogP contribution in [-0.2, 0) is 14.3 Å². The maximum Gasteiger partial charge on any atom is 0.342 e. The Hall–Kier alpha value is -2.16. The average molecular weight is 385 g/mol. The molecule has 0 atom stereocenters. The van der Waals surface area contributed by atoms with Crippen molar-refractivity contribution < 1.29 is 14.3 Å². The number of carbonyl (C=O) groups excluding carboxylic acids is 2. The summed E-state index contributed by atoms with van der Waals surface area (Å²) in [4.78, 5) is 23.0. The summed E-state index contributed by atoms with van der Waals surface area (Å²) in [5.74, 6) is -1.00. The minimum atomic E-state index is -0.508. The van der Waals surface area contributed by atoms with Crippen LogP contribution in [0.2, 0.25) is 0 Å². The maximum absolute atomic E-state index is 11.6. The van der Waals surface area contributed by atoms with Crippen molar-refractivity contribution in [2.24, 2.45) is 0 Å². The number of ether oxygens (including phenoxy) is 1. The van der Waals surface area contributed by atoms with Gasteiger partial charge in [-0.1, -0.05) is 46.6 Å². The molecule has 0 aromatic carbocycles. The van der Waals surface area contributed by atoms with E-state index in [1.807, 2.05) is 6.08 Å². The number of hydrogen-bond acceptors (Lipinski definition) is 3. The highest BCUT2D eigenvalue weighted by Crippen LogP contribution is 2.21. The van der Waals surface area contributed by atoms with Gasteiger partial charge in [0.2, 0.25) is 0 Å². The second-order valence-corrected chi connectivity index (χ2v) is 8.03. The minimum absolute atomic E-state index is 0.439. The van der Waals surface area contributed by atoms with E-state index in [2.05, 4.69) is 57.6 Å². The molecule has 0 fully saturated rings. The summed E-state index contributed by atoms with van der Waals surface area (Å²) in [6.07, 6.45) is 15.9. The zero-order valence-corrected chi connectivity index (χ0v) is 18.5. The SMILES string of the molecule is CC(C)=CCC/C(C)=C/CC/C(C)=C/CC/C(C)=C/CC1=C(C)C(=O)OC1=O. The van der Waals surface area contributed by atoms with Crippen molar-refractivity contribution in [1.82, 2.24) is 0 Å². The number of carbonyl (C=O) groups is 2. The topological polar surface area (TPSA) is 43.4 Å². The number of cyclic esters (lactones) is 2. The van der Waals surface area contributed by atoms with E-state index in [0.717, 1.165) is 38.5 Å². The van der Waals surface area contributed by atoms with Crippen LogP contribution in [0.15, 0.2) is 57.7 Å².